The molecule has 0 aromatic carbocycles. The van der Waals surface area contributed by atoms with Gasteiger partial charge in [0, 0.05) is 26.1 Å². The molecule has 1 atom stereocenters. The van der Waals surface area contributed by atoms with Gasteiger partial charge in [-0.1, -0.05) is 6.42 Å². The molecule has 0 aromatic rings. The van der Waals surface area contributed by atoms with Crippen molar-refractivity contribution in [3.05, 3.63) is 0 Å². The standard InChI is InChI=1S/C6H14O2.C6H10O.C3H8O2/c1-4-7-6(3)8-5-2;7-6-4-2-1-3-5-6;1-3(5)2-4/h6H,4-5H2,1-3H3;1-5H2;3-5H,2H2,1H3. The molecule has 0 aromatic heterocycles. The zero-order valence-corrected chi connectivity index (χ0v) is 13.4. The van der Waals surface area contributed by atoms with E-state index in [1.807, 2.05) is 20.8 Å². The average molecular weight is 292 g/mol. The molecule has 1 fully saturated rings. The minimum absolute atomic E-state index is 0.0370. The van der Waals surface area contributed by atoms with Gasteiger partial charge in [0.25, 0.3) is 0 Å². The zero-order chi connectivity index (χ0) is 15.8. The molecule has 0 bridgehead atoms. The Hall–Kier alpha value is -0.490. The monoisotopic (exact) mass is 292 g/mol. The molecular formula is C15H32O5. The van der Waals surface area contributed by atoms with Gasteiger partial charge in [0.05, 0.1) is 12.7 Å². The van der Waals surface area contributed by atoms with Crippen LogP contribution >= 0.6 is 0 Å². The van der Waals surface area contributed by atoms with Crippen LogP contribution < -0.4 is 0 Å². The van der Waals surface area contributed by atoms with E-state index in [4.69, 9.17) is 19.7 Å². The van der Waals surface area contributed by atoms with E-state index in [0.717, 1.165) is 38.9 Å². The molecule has 1 saturated carbocycles. The lowest BCUT2D eigenvalue weighted by atomic mass is 10.00. The largest absolute Gasteiger partial charge is 0.394 e. The molecule has 1 rings (SSSR count). The van der Waals surface area contributed by atoms with Crippen LogP contribution in [0.2, 0.25) is 0 Å². The second kappa shape index (κ2) is 16.6. The maximum atomic E-state index is 10.5. The summed E-state index contributed by atoms with van der Waals surface area (Å²) >= 11 is 0. The summed E-state index contributed by atoms with van der Waals surface area (Å²) < 4.78 is 10.1. The zero-order valence-electron chi connectivity index (χ0n) is 13.4. The molecular weight excluding hydrogens is 260 g/mol. The third-order valence-electron chi connectivity index (χ3n) is 2.48. The van der Waals surface area contributed by atoms with Gasteiger partial charge in [-0.05, 0) is 40.5 Å². The lowest BCUT2D eigenvalue weighted by Crippen LogP contribution is -2.11. The highest BCUT2D eigenvalue weighted by Gasteiger charge is 2.05. The van der Waals surface area contributed by atoms with Gasteiger partial charge in [0.2, 0.25) is 0 Å². The number of hydrogen-bond donors (Lipinski definition) is 2. The summed E-state index contributed by atoms with van der Waals surface area (Å²) in [6.45, 7) is 8.64. The van der Waals surface area contributed by atoms with Crippen molar-refractivity contribution in [2.75, 3.05) is 19.8 Å². The van der Waals surface area contributed by atoms with E-state index in [-0.39, 0.29) is 12.9 Å². The third-order valence-corrected chi connectivity index (χ3v) is 2.48. The Bertz CT molecular complexity index is 192. The fourth-order valence-corrected chi connectivity index (χ4v) is 1.46. The van der Waals surface area contributed by atoms with Crippen molar-refractivity contribution >= 4 is 5.78 Å². The fourth-order valence-electron chi connectivity index (χ4n) is 1.46. The summed E-state index contributed by atoms with van der Waals surface area (Å²) in [5, 5.41) is 16.0. The van der Waals surface area contributed by atoms with Crippen LogP contribution in [0, 0.1) is 0 Å². The second-order valence-corrected chi connectivity index (χ2v) is 4.61. The van der Waals surface area contributed by atoms with Crippen LogP contribution in [0.4, 0.5) is 0 Å². The Morgan fingerprint density at radius 3 is 1.65 bits per heavy atom. The minimum Gasteiger partial charge on any atom is -0.394 e. The summed E-state index contributed by atoms with van der Waals surface area (Å²) in [4.78, 5) is 10.5. The van der Waals surface area contributed by atoms with Gasteiger partial charge >= 0.3 is 0 Å². The lowest BCUT2D eigenvalue weighted by Gasteiger charge is -2.09. The molecule has 5 heteroatoms. The first-order valence-electron chi connectivity index (χ1n) is 7.51. The van der Waals surface area contributed by atoms with E-state index in [1.165, 1.54) is 13.3 Å². The van der Waals surface area contributed by atoms with E-state index in [1.54, 1.807) is 0 Å². The summed E-state index contributed by atoms with van der Waals surface area (Å²) in [7, 11) is 0. The van der Waals surface area contributed by atoms with Crippen LogP contribution in [0.5, 0.6) is 0 Å². The summed E-state index contributed by atoms with van der Waals surface area (Å²) in [6.07, 6.45) is 4.64. The number of aliphatic hydroxyl groups is 2. The van der Waals surface area contributed by atoms with Crippen molar-refractivity contribution in [1.29, 1.82) is 0 Å². The van der Waals surface area contributed by atoms with Crippen LogP contribution in [0.3, 0.4) is 0 Å². The van der Waals surface area contributed by atoms with Crippen molar-refractivity contribution in [2.24, 2.45) is 0 Å². The molecule has 2 N–H and O–H groups in total. The predicted octanol–water partition coefficient (Wildman–Crippen LogP) is 2.28. The molecule has 0 heterocycles. The van der Waals surface area contributed by atoms with Crippen LogP contribution in [-0.2, 0) is 14.3 Å². The highest BCUT2D eigenvalue weighted by Crippen LogP contribution is 2.12. The van der Waals surface area contributed by atoms with Crippen LogP contribution in [0.1, 0.15) is 59.8 Å². The first-order valence-corrected chi connectivity index (χ1v) is 7.51. The summed E-state index contributed by atoms with van der Waals surface area (Å²) in [6, 6.07) is 0. The van der Waals surface area contributed by atoms with Crippen molar-refractivity contribution in [2.45, 2.75) is 72.2 Å². The Balaban J connectivity index is 0. The fraction of sp³-hybridized carbons (Fsp3) is 0.933. The third kappa shape index (κ3) is 19.8. The molecule has 0 saturated heterocycles. The molecule has 1 aliphatic carbocycles. The average Bonchev–Trinajstić information content (AvgIpc) is 2.41. The Morgan fingerprint density at radius 1 is 1.05 bits per heavy atom. The molecule has 0 radical (unpaired) electrons. The SMILES string of the molecule is CC(O)CO.CCOC(C)OCC.O=C1CCCCC1. The summed E-state index contributed by atoms with van der Waals surface area (Å²) in [5.74, 6) is 0.464. The van der Waals surface area contributed by atoms with Gasteiger partial charge in [-0.2, -0.15) is 0 Å². The normalized spacial score (nSPS) is 15.8. The highest BCUT2D eigenvalue weighted by atomic mass is 16.7. The molecule has 20 heavy (non-hydrogen) atoms. The van der Waals surface area contributed by atoms with Gasteiger partial charge in [-0.3, -0.25) is 4.79 Å². The molecule has 1 aliphatic rings. The van der Waals surface area contributed by atoms with E-state index in [0.29, 0.717) is 5.78 Å². The van der Waals surface area contributed by atoms with Crippen LogP contribution in [0.25, 0.3) is 0 Å². The smallest absolute Gasteiger partial charge is 0.154 e. The number of aliphatic hydroxyl groups excluding tert-OH is 2. The minimum atomic E-state index is -0.560. The Kier molecular flexibility index (Phi) is 18.1. The van der Waals surface area contributed by atoms with Gasteiger partial charge < -0.3 is 19.7 Å². The van der Waals surface area contributed by atoms with E-state index < -0.39 is 6.10 Å². The number of carbonyl (C=O) groups excluding carboxylic acids is 1. The van der Waals surface area contributed by atoms with Gasteiger partial charge in [0.15, 0.2) is 6.29 Å². The van der Waals surface area contributed by atoms with E-state index in [9.17, 15) is 4.79 Å². The van der Waals surface area contributed by atoms with Crippen molar-refractivity contribution in [3.8, 4) is 0 Å². The molecule has 0 aliphatic heterocycles. The second-order valence-electron chi connectivity index (χ2n) is 4.61. The molecule has 122 valence electrons. The first kappa shape index (κ1) is 21.8. The van der Waals surface area contributed by atoms with Gasteiger partial charge in [0.1, 0.15) is 5.78 Å². The number of rotatable bonds is 5. The predicted molar refractivity (Wildman–Crippen MR) is 79.6 cm³/mol. The first-order chi connectivity index (χ1) is 9.47. The molecule has 0 spiro atoms. The van der Waals surface area contributed by atoms with Crippen molar-refractivity contribution in [1.82, 2.24) is 0 Å². The number of ether oxygens (including phenoxy) is 2. The number of hydrogen-bond acceptors (Lipinski definition) is 5. The maximum Gasteiger partial charge on any atom is 0.154 e. The lowest BCUT2D eigenvalue weighted by molar-refractivity contribution is -0.123. The number of carbonyl (C=O) groups is 1. The molecule has 0 amide bonds. The highest BCUT2D eigenvalue weighted by molar-refractivity contribution is 5.78. The Labute approximate surface area is 123 Å². The quantitative estimate of drug-likeness (QED) is 0.760. The topological polar surface area (TPSA) is 76.0 Å². The van der Waals surface area contributed by atoms with Crippen LogP contribution in [-0.4, -0.2) is 48.2 Å². The molecule has 5 nitrogen and oxygen atoms in total. The maximum absolute atomic E-state index is 10.5. The van der Waals surface area contributed by atoms with Gasteiger partial charge in [-0.25, -0.2) is 0 Å². The summed E-state index contributed by atoms with van der Waals surface area (Å²) in [5.41, 5.74) is 0. The number of ketones is 1. The van der Waals surface area contributed by atoms with Crippen LogP contribution in [0.15, 0.2) is 0 Å². The number of Topliss-reactive ketones (excluding diaryl/α,β-unsaturated/α-hetero) is 1. The van der Waals surface area contributed by atoms with Crippen molar-refractivity contribution in [3.63, 3.8) is 0 Å². The van der Waals surface area contributed by atoms with E-state index in [2.05, 4.69) is 0 Å². The van der Waals surface area contributed by atoms with E-state index >= 15 is 0 Å². The van der Waals surface area contributed by atoms with Gasteiger partial charge in [-0.15, -0.1) is 0 Å². The van der Waals surface area contributed by atoms with Crippen molar-refractivity contribution < 1.29 is 24.5 Å². The molecule has 1 unspecified atom stereocenters. The Morgan fingerprint density at radius 2 is 1.45 bits per heavy atom.